The first-order valence-electron chi connectivity index (χ1n) is 7.61. The number of hydrogen-bond acceptors (Lipinski definition) is 5. The molecule has 2 unspecified atom stereocenters. The highest BCUT2D eigenvalue weighted by atomic mass is 32.2. The maximum absolute atomic E-state index is 11.6. The van der Waals surface area contributed by atoms with Gasteiger partial charge in [0, 0.05) is 24.6 Å². The van der Waals surface area contributed by atoms with Crippen LogP contribution in [0.15, 0.2) is 0 Å². The van der Waals surface area contributed by atoms with Crippen molar-refractivity contribution in [2.45, 2.75) is 51.2 Å². The van der Waals surface area contributed by atoms with Gasteiger partial charge in [0.1, 0.15) is 11.0 Å². The topological polar surface area (TPSA) is 121 Å². The van der Waals surface area contributed by atoms with Crippen molar-refractivity contribution in [2.75, 3.05) is 12.3 Å². The van der Waals surface area contributed by atoms with Gasteiger partial charge >= 0.3 is 11.9 Å². The highest BCUT2D eigenvalue weighted by molar-refractivity contribution is 8.00. The van der Waals surface area contributed by atoms with Crippen LogP contribution < -0.4 is 5.32 Å². The lowest BCUT2D eigenvalue weighted by Crippen LogP contribution is -2.27. The fourth-order valence-electron chi connectivity index (χ4n) is 1.81. The highest BCUT2D eigenvalue weighted by Gasteiger charge is 2.24. The zero-order valence-electron chi connectivity index (χ0n) is 13.5. The summed E-state index contributed by atoms with van der Waals surface area (Å²) in [6, 6.07) is 0. The summed E-state index contributed by atoms with van der Waals surface area (Å²) in [5.74, 6) is -2.92. The largest absolute Gasteiger partial charge is 0.481 e. The summed E-state index contributed by atoms with van der Waals surface area (Å²) in [4.78, 5) is 44.9. The summed E-state index contributed by atoms with van der Waals surface area (Å²) in [5, 5.41) is 19.3. The van der Waals surface area contributed by atoms with E-state index < -0.39 is 29.5 Å². The Balaban J connectivity index is 4.35. The second kappa shape index (κ2) is 11.9. The molecule has 8 heteroatoms. The van der Waals surface area contributed by atoms with Crippen molar-refractivity contribution in [2.24, 2.45) is 5.92 Å². The number of carbonyl (C=O) groups excluding carboxylic acids is 2. The van der Waals surface area contributed by atoms with Gasteiger partial charge in [-0.3, -0.25) is 19.2 Å². The minimum atomic E-state index is -1.21. The number of carboxylic acid groups (broad SMARTS) is 2. The maximum Gasteiger partial charge on any atom is 0.317 e. The van der Waals surface area contributed by atoms with E-state index in [0.717, 1.165) is 24.6 Å². The number of ketones is 1. The minimum Gasteiger partial charge on any atom is -0.481 e. The number of carbonyl (C=O) groups is 4. The van der Waals surface area contributed by atoms with Gasteiger partial charge in [0.25, 0.3) is 0 Å². The van der Waals surface area contributed by atoms with Gasteiger partial charge in [0.2, 0.25) is 5.91 Å². The van der Waals surface area contributed by atoms with E-state index in [1.54, 1.807) is 0 Å². The fraction of sp³-hybridized carbons (Fsp3) is 0.733. The summed E-state index contributed by atoms with van der Waals surface area (Å²) in [5.41, 5.74) is 0. The molecule has 0 aliphatic heterocycles. The lowest BCUT2D eigenvalue weighted by molar-refractivity contribution is -0.142. The number of hydrogen-bond donors (Lipinski definition) is 3. The lowest BCUT2D eigenvalue weighted by atomic mass is 10.0. The Kier molecular flexibility index (Phi) is 11.1. The number of carboxylic acids is 2. The smallest absolute Gasteiger partial charge is 0.317 e. The van der Waals surface area contributed by atoms with Crippen LogP contribution in [-0.4, -0.2) is 51.4 Å². The molecule has 2 atom stereocenters. The predicted octanol–water partition coefficient (Wildman–Crippen LogP) is 1.55. The van der Waals surface area contributed by atoms with Gasteiger partial charge in [-0.15, -0.1) is 11.8 Å². The van der Waals surface area contributed by atoms with Crippen LogP contribution in [0.25, 0.3) is 0 Å². The Morgan fingerprint density at radius 3 is 2.30 bits per heavy atom. The van der Waals surface area contributed by atoms with Crippen molar-refractivity contribution in [3.05, 3.63) is 0 Å². The summed E-state index contributed by atoms with van der Waals surface area (Å²) in [6.45, 7) is 4.02. The van der Waals surface area contributed by atoms with Crippen molar-refractivity contribution >= 4 is 35.4 Å². The standard InChI is InChI=1S/C15H25NO6S/c1-3-4-7-16-13(18)6-5-11(10(2)17)9-23-12(15(21)22)8-14(19)20/h11-12H,3-9H2,1-2H3,(H,16,18)(H,19,20)(H,21,22). The molecule has 0 radical (unpaired) electrons. The highest BCUT2D eigenvalue weighted by Crippen LogP contribution is 2.22. The molecule has 3 N–H and O–H groups in total. The third kappa shape index (κ3) is 10.7. The predicted molar refractivity (Wildman–Crippen MR) is 87.5 cm³/mol. The lowest BCUT2D eigenvalue weighted by Gasteiger charge is -2.16. The average molecular weight is 347 g/mol. The van der Waals surface area contributed by atoms with E-state index in [0.29, 0.717) is 13.0 Å². The third-order valence-corrected chi connectivity index (χ3v) is 4.65. The van der Waals surface area contributed by atoms with Gasteiger partial charge in [0.15, 0.2) is 0 Å². The van der Waals surface area contributed by atoms with Crippen LogP contribution in [-0.2, 0) is 19.2 Å². The molecule has 0 aliphatic rings. The quantitative estimate of drug-likeness (QED) is 0.432. The average Bonchev–Trinajstić information content (AvgIpc) is 2.45. The summed E-state index contributed by atoms with van der Waals surface area (Å²) >= 11 is 0.935. The van der Waals surface area contributed by atoms with E-state index in [4.69, 9.17) is 10.2 Å². The van der Waals surface area contributed by atoms with Crippen LogP contribution in [0, 0.1) is 5.92 Å². The monoisotopic (exact) mass is 347 g/mol. The molecule has 132 valence electrons. The molecule has 0 heterocycles. The first kappa shape index (κ1) is 21.4. The zero-order chi connectivity index (χ0) is 17.8. The Morgan fingerprint density at radius 1 is 1.17 bits per heavy atom. The molecule has 0 saturated carbocycles. The van der Waals surface area contributed by atoms with Crippen LogP contribution in [0.2, 0.25) is 0 Å². The Hall–Kier alpha value is -1.57. The van der Waals surface area contributed by atoms with E-state index in [1.165, 1.54) is 6.92 Å². The van der Waals surface area contributed by atoms with Crippen LogP contribution in [0.1, 0.15) is 46.0 Å². The number of amides is 1. The van der Waals surface area contributed by atoms with E-state index in [-0.39, 0.29) is 23.9 Å². The summed E-state index contributed by atoms with van der Waals surface area (Å²) in [6.07, 6.45) is 1.91. The molecule has 0 aromatic heterocycles. The van der Waals surface area contributed by atoms with E-state index >= 15 is 0 Å². The van der Waals surface area contributed by atoms with Gasteiger partial charge in [-0.05, 0) is 19.8 Å². The third-order valence-electron chi connectivity index (χ3n) is 3.28. The van der Waals surface area contributed by atoms with Crippen molar-refractivity contribution in [3.63, 3.8) is 0 Å². The molecule has 0 rings (SSSR count). The van der Waals surface area contributed by atoms with Crippen molar-refractivity contribution < 1.29 is 29.4 Å². The molecular formula is C15H25NO6S. The molecule has 23 heavy (non-hydrogen) atoms. The number of nitrogens with one attached hydrogen (secondary N) is 1. The summed E-state index contributed by atoms with van der Waals surface area (Å²) < 4.78 is 0. The van der Waals surface area contributed by atoms with E-state index in [1.807, 2.05) is 6.92 Å². The normalized spacial score (nSPS) is 13.1. The first-order valence-corrected chi connectivity index (χ1v) is 8.66. The zero-order valence-corrected chi connectivity index (χ0v) is 14.4. The van der Waals surface area contributed by atoms with E-state index in [9.17, 15) is 19.2 Å². The van der Waals surface area contributed by atoms with E-state index in [2.05, 4.69) is 5.32 Å². The SMILES string of the molecule is CCCCNC(=O)CCC(CSC(CC(=O)O)C(=O)O)C(C)=O. The molecule has 0 spiro atoms. The van der Waals surface area contributed by atoms with Crippen LogP contribution in [0.3, 0.4) is 0 Å². The van der Waals surface area contributed by atoms with Gasteiger partial charge in [-0.25, -0.2) is 0 Å². The number of thioether (sulfide) groups is 1. The minimum absolute atomic E-state index is 0.127. The second-order valence-electron chi connectivity index (χ2n) is 5.31. The van der Waals surface area contributed by atoms with Gasteiger partial charge in [0.05, 0.1) is 6.42 Å². The number of aliphatic carboxylic acids is 2. The Morgan fingerprint density at radius 2 is 1.83 bits per heavy atom. The molecule has 0 bridgehead atoms. The molecule has 0 aliphatic carbocycles. The van der Waals surface area contributed by atoms with Gasteiger partial charge < -0.3 is 15.5 Å². The molecule has 0 aromatic carbocycles. The fourth-order valence-corrected chi connectivity index (χ4v) is 3.08. The van der Waals surface area contributed by atoms with Crippen LogP contribution >= 0.6 is 11.8 Å². The first-order chi connectivity index (χ1) is 10.8. The van der Waals surface area contributed by atoms with Gasteiger partial charge in [-0.1, -0.05) is 13.3 Å². The number of unbranched alkanes of at least 4 members (excludes halogenated alkanes) is 1. The molecule has 0 saturated heterocycles. The molecule has 0 aromatic rings. The Labute approximate surface area is 140 Å². The van der Waals surface area contributed by atoms with Crippen LogP contribution in [0.4, 0.5) is 0 Å². The van der Waals surface area contributed by atoms with Crippen LogP contribution in [0.5, 0.6) is 0 Å². The van der Waals surface area contributed by atoms with Crippen molar-refractivity contribution in [3.8, 4) is 0 Å². The van der Waals surface area contributed by atoms with Crippen molar-refractivity contribution in [1.82, 2.24) is 5.32 Å². The van der Waals surface area contributed by atoms with Crippen molar-refractivity contribution in [1.29, 1.82) is 0 Å². The number of rotatable bonds is 13. The molecule has 0 fully saturated rings. The second-order valence-corrected chi connectivity index (χ2v) is 6.54. The maximum atomic E-state index is 11.6. The molecular weight excluding hydrogens is 322 g/mol. The Bertz CT molecular complexity index is 426. The summed E-state index contributed by atoms with van der Waals surface area (Å²) in [7, 11) is 0. The molecule has 7 nitrogen and oxygen atoms in total. The van der Waals surface area contributed by atoms with Gasteiger partial charge in [-0.2, -0.15) is 0 Å². The molecule has 1 amide bonds. The number of Topliss-reactive ketones (excluding diaryl/α,β-unsaturated/α-hetero) is 1.